The molecule has 0 bridgehead atoms. The smallest absolute Gasteiger partial charge is 0.314 e. The van der Waals surface area contributed by atoms with E-state index in [1.54, 1.807) is 0 Å². The van der Waals surface area contributed by atoms with Crippen LogP contribution in [0.5, 0.6) is 0 Å². The van der Waals surface area contributed by atoms with Crippen molar-refractivity contribution in [3.63, 3.8) is 0 Å². The second-order valence-corrected chi connectivity index (χ2v) is 7.34. The number of hydrogen-bond acceptors (Lipinski definition) is 3. The first kappa shape index (κ1) is 19.7. The number of aliphatic hydroxyl groups excluding tert-OH is 1. The van der Waals surface area contributed by atoms with Crippen molar-refractivity contribution in [1.29, 1.82) is 0 Å². The molecule has 3 N–H and O–H groups in total. The van der Waals surface area contributed by atoms with Crippen molar-refractivity contribution in [3.05, 3.63) is 35.9 Å². The molecule has 1 saturated heterocycles. The van der Waals surface area contributed by atoms with Crippen molar-refractivity contribution in [2.45, 2.75) is 51.7 Å². The fourth-order valence-corrected chi connectivity index (χ4v) is 3.38. The summed E-state index contributed by atoms with van der Waals surface area (Å²) in [5.41, 5.74) is 1.07. The van der Waals surface area contributed by atoms with E-state index in [-0.39, 0.29) is 12.6 Å². The quantitative estimate of drug-likeness (QED) is 0.677. The van der Waals surface area contributed by atoms with Gasteiger partial charge in [0.1, 0.15) is 0 Å². The molecule has 0 aliphatic carbocycles. The molecule has 1 fully saturated rings. The van der Waals surface area contributed by atoms with E-state index in [9.17, 15) is 9.90 Å². The standard InChI is InChI=1S/C20H33N3O2/c1-16(2)23-12-9-17(10-13-23)8-11-21-20(25)22-15-19(24)14-18-6-4-3-5-7-18/h3-7,16-17,19,24H,8-15H2,1-2H3,(H2,21,22,25)/t19-/m0/s1. The van der Waals surface area contributed by atoms with Crippen molar-refractivity contribution in [2.24, 2.45) is 5.92 Å². The van der Waals surface area contributed by atoms with Gasteiger partial charge in [0.15, 0.2) is 0 Å². The predicted molar refractivity (Wildman–Crippen MR) is 102 cm³/mol. The zero-order chi connectivity index (χ0) is 18.1. The summed E-state index contributed by atoms with van der Waals surface area (Å²) in [6.45, 7) is 7.80. The van der Waals surface area contributed by atoms with Crippen LogP contribution in [0.1, 0.15) is 38.7 Å². The van der Waals surface area contributed by atoms with Crippen molar-refractivity contribution >= 4 is 6.03 Å². The first-order valence-electron chi connectivity index (χ1n) is 9.52. The Morgan fingerprint density at radius 1 is 1.20 bits per heavy atom. The maximum absolute atomic E-state index is 11.8. The van der Waals surface area contributed by atoms with Gasteiger partial charge in [-0.3, -0.25) is 0 Å². The third kappa shape index (κ3) is 7.45. The van der Waals surface area contributed by atoms with Crippen LogP contribution in [-0.4, -0.2) is 54.4 Å². The van der Waals surface area contributed by atoms with Crippen LogP contribution in [0.2, 0.25) is 0 Å². The number of piperidine rings is 1. The zero-order valence-electron chi connectivity index (χ0n) is 15.6. The monoisotopic (exact) mass is 347 g/mol. The Labute approximate surface area is 151 Å². The highest BCUT2D eigenvalue weighted by molar-refractivity contribution is 5.73. The summed E-state index contributed by atoms with van der Waals surface area (Å²) in [4.78, 5) is 14.4. The van der Waals surface area contributed by atoms with E-state index >= 15 is 0 Å². The molecule has 2 amide bonds. The summed E-state index contributed by atoms with van der Waals surface area (Å²) in [6.07, 6.45) is 3.46. The normalized spacial score (nSPS) is 17.4. The first-order valence-corrected chi connectivity index (χ1v) is 9.52. The highest BCUT2D eigenvalue weighted by atomic mass is 16.3. The Balaban J connectivity index is 1.54. The number of nitrogens with zero attached hydrogens (tertiary/aromatic N) is 1. The van der Waals surface area contributed by atoms with Gasteiger partial charge in [-0.1, -0.05) is 30.3 Å². The fourth-order valence-electron chi connectivity index (χ4n) is 3.38. The number of benzene rings is 1. The summed E-state index contributed by atoms with van der Waals surface area (Å²) >= 11 is 0. The van der Waals surface area contributed by atoms with Gasteiger partial charge >= 0.3 is 6.03 Å². The van der Waals surface area contributed by atoms with Crippen LogP contribution in [0.3, 0.4) is 0 Å². The van der Waals surface area contributed by atoms with E-state index < -0.39 is 6.10 Å². The molecule has 25 heavy (non-hydrogen) atoms. The molecule has 1 atom stereocenters. The van der Waals surface area contributed by atoms with Crippen molar-refractivity contribution in [3.8, 4) is 0 Å². The van der Waals surface area contributed by atoms with Crippen molar-refractivity contribution in [1.82, 2.24) is 15.5 Å². The molecule has 0 aromatic heterocycles. The summed E-state index contributed by atoms with van der Waals surface area (Å²) in [6, 6.07) is 10.3. The Morgan fingerprint density at radius 2 is 1.88 bits per heavy atom. The Hall–Kier alpha value is -1.59. The Kier molecular flexibility index (Phi) is 8.22. The van der Waals surface area contributed by atoms with Crippen LogP contribution < -0.4 is 10.6 Å². The molecule has 0 unspecified atom stereocenters. The molecular weight excluding hydrogens is 314 g/mol. The molecule has 1 aliphatic heterocycles. The lowest BCUT2D eigenvalue weighted by Crippen LogP contribution is -2.42. The summed E-state index contributed by atoms with van der Waals surface area (Å²) < 4.78 is 0. The van der Waals surface area contributed by atoms with Crippen LogP contribution in [-0.2, 0) is 6.42 Å². The van der Waals surface area contributed by atoms with Gasteiger partial charge in [0.05, 0.1) is 6.10 Å². The number of nitrogens with one attached hydrogen (secondary N) is 2. The minimum Gasteiger partial charge on any atom is -0.391 e. The van der Waals surface area contributed by atoms with Crippen molar-refractivity contribution < 1.29 is 9.90 Å². The Morgan fingerprint density at radius 3 is 2.52 bits per heavy atom. The number of carbonyl (C=O) groups excluding carboxylic acids is 1. The lowest BCUT2D eigenvalue weighted by Gasteiger charge is -2.34. The topological polar surface area (TPSA) is 64.6 Å². The van der Waals surface area contributed by atoms with E-state index in [1.165, 1.54) is 25.9 Å². The summed E-state index contributed by atoms with van der Waals surface area (Å²) in [5.74, 6) is 0.707. The number of urea groups is 1. The van der Waals surface area contributed by atoms with Crippen LogP contribution in [0.15, 0.2) is 30.3 Å². The van der Waals surface area contributed by atoms with Gasteiger partial charge in [-0.15, -0.1) is 0 Å². The van der Waals surface area contributed by atoms with Crippen LogP contribution >= 0.6 is 0 Å². The molecule has 1 heterocycles. The minimum absolute atomic E-state index is 0.188. The van der Waals surface area contributed by atoms with Crippen LogP contribution in [0.25, 0.3) is 0 Å². The second-order valence-electron chi connectivity index (χ2n) is 7.34. The number of hydrogen-bond donors (Lipinski definition) is 3. The summed E-state index contributed by atoms with van der Waals surface area (Å²) in [7, 11) is 0. The third-order valence-corrected chi connectivity index (χ3v) is 5.03. The maximum atomic E-state index is 11.8. The van der Waals surface area contributed by atoms with Crippen molar-refractivity contribution in [2.75, 3.05) is 26.2 Å². The molecule has 0 radical (unpaired) electrons. The van der Waals surface area contributed by atoms with Gasteiger partial charge in [-0.05, 0) is 57.7 Å². The van der Waals surface area contributed by atoms with Gasteiger partial charge < -0.3 is 20.6 Å². The van der Waals surface area contributed by atoms with E-state index in [0.717, 1.165) is 12.0 Å². The highest BCUT2D eigenvalue weighted by Crippen LogP contribution is 2.21. The number of aliphatic hydroxyl groups is 1. The van der Waals surface area contributed by atoms with Gasteiger partial charge in [-0.25, -0.2) is 4.79 Å². The SMILES string of the molecule is CC(C)N1CCC(CCNC(=O)NC[C@@H](O)Cc2ccccc2)CC1. The minimum atomic E-state index is -0.562. The average molecular weight is 348 g/mol. The van der Waals surface area contributed by atoms with Gasteiger partial charge in [0.25, 0.3) is 0 Å². The molecule has 0 saturated carbocycles. The summed E-state index contributed by atoms with van der Waals surface area (Å²) in [5, 5.41) is 15.7. The van der Waals surface area contributed by atoms with Gasteiger partial charge in [0, 0.05) is 25.6 Å². The molecule has 5 nitrogen and oxygen atoms in total. The molecule has 1 aromatic rings. The largest absolute Gasteiger partial charge is 0.391 e. The average Bonchev–Trinajstić information content (AvgIpc) is 2.61. The molecule has 140 valence electrons. The second kappa shape index (κ2) is 10.4. The number of carbonyl (C=O) groups is 1. The van der Waals surface area contributed by atoms with Crippen LogP contribution in [0.4, 0.5) is 4.79 Å². The molecule has 0 spiro atoms. The third-order valence-electron chi connectivity index (χ3n) is 5.03. The molecule has 1 aliphatic rings. The number of rotatable bonds is 8. The predicted octanol–water partition coefficient (Wildman–Crippen LogP) is 2.40. The van der Waals surface area contributed by atoms with Gasteiger partial charge in [0.2, 0.25) is 0 Å². The molecule has 5 heteroatoms. The first-order chi connectivity index (χ1) is 12.0. The molecule has 2 rings (SSSR count). The van der Waals surface area contributed by atoms with E-state index in [0.29, 0.717) is 24.9 Å². The molecule has 1 aromatic carbocycles. The number of likely N-dealkylation sites (tertiary alicyclic amines) is 1. The Bertz CT molecular complexity index is 499. The van der Waals surface area contributed by atoms with Crippen LogP contribution in [0, 0.1) is 5.92 Å². The number of amides is 2. The molecular formula is C20H33N3O2. The van der Waals surface area contributed by atoms with E-state index in [2.05, 4.69) is 29.4 Å². The van der Waals surface area contributed by atoms with E-state index in [1.807, 2.05) is 30.3 Å². The van der Waals surface area contributed by atoms with Gasteiger partial charge in [-0.2, -0.15) is 0 Å². The highest BCUT2D eigenvalue weighted by Gasteiger charge is 2.20. The lowest BCUT2D eigenvalue weighted by molar-refractivity contribution is 0.145. The van der Waals surface area contributed by atoms with E-state index in [4.69, 9.17) is 0 Å². The maximum Gasteiger partial charge on any atom is 0.314 e. The fraction of sp³-hybridized carbons (Fsp3) is 0.650. The zero-order valence-corrected chi connectivity index (χ0v) is 15.6. The lowest BCUT2D eigenvalue weighted by atomic mass is 9.93.